The molecule has 0 saturated carbocycles. The number of pyridine rings is 2. The van der Waals surface area contributed by atoms with Crippen molar-refractivity contribution in [2.75, 3.05) is 28.4 Å². The molecule has 0 spiro atoms. The molecule has 276 valence electrons. The van der Waals surface area contributed by atoms with Crippen molar-refractivity contribution in [3.63, 3.8) is 0 Å². The van der Waals surface area contributed by atoms with E-state index in [4.69, 9.17) is 18.9 Å². The first kappa shape index (κ1) is 40.9. The summed E-state index contributed by atoms with van der Waals surface area (Å²) in [5.74, 6) is 1.64. The van der Waals surface area contributed by atoms with Crippen molar-refractivity contribution in [3.8, 4) is 34.5 Å². The third-order valence-electron chi connectivity index (χ3n) is 6.88. The molecule has 0 fully saturated rings. The van der Waals surface area contributed by atoms with Gasteiger partial charge in [-0.25, -0.2) is 0 Å². The largest absolute Gasteiger partial charge is 2.00 e. The zero-order chi connectivity index (χ0) is 37.4. The van der Waals surface area contributed by atoms with E-state index in [-0.39, 0.29) is 52.8 Å². The summed E-state index contributed by atoms with van der Waals surface area (Å²) in [5, 5.41) is 0.140. The van der Waals surface area contributed by atoms with Gasteiger partial charge in [0, 0.05) is 34.8 Å². The van der Waals surface area contributed by atoms with Crippen LogP contribution in [-0.4, -0.2) is 70.0 Å². The van der Waals surface area contributed by atoms with E-state index in [1.807, 2.05) is 0 Å². The van der Waals surface area contributed by atoms with Gasteiger partial charge in [0.1, 0.15) is 11.5 Å². The van der Waals surface area contributed by atoms with E-state index in [2.05, 4.69) is 39.4 Å². The van der Waals surface area contributed by atoms with Crippen LogP contribution in [0.1, 0.15) is 11.4 Å². The fourth-order valence-corrected chi connectivity index (χ4v) is 6.64. The number of imidazole rings is 2. The van der Waals surface area contributed by atoms with E-state index >= 15 is 0 Å². The summed E-state index contributed by atoms with van der Waals surface area (Å²) in [7, 11) is 2.67. The molecule has 4 heterocycles. The third kappa shape index (κ3) is 10.2. The van der Waals surface area contributed by atoms with Crippen LogP contribution in [0.15, 0.2) is 71.2 Å². The number of halogens is 4. The monoisotopic (exact) mass is 828 g/mol. The van der Waals surface area contributed by atoms with Gasteiger partial charge < -0.3 is 48.4 Å². The minimum Gasteiger partial charge on any atom is -0.493 e. The summed E-state index contributed by atoms with van der Waals surface area (Å²) in [6, 6.07) is 11.5. The first-order valence-corrected chi connectivity index (χ1v) is 17.3. The van der Waals surface area contributed by atoms with Gasteiger partial charge >= 0.3 is 32.7 Å². The van der Waals surface area contributed by atoms with Gasteiger partial charge in [0.2, 0.25) is 0 Å². The number of hydrogen-bond acceptors (Lipinski definition) is 12. The fourth-order valence-electron chi connectivity index (χ4n) is 4.68. The Hall–Kier alpha value is -4.88. The van der Waals surface area contributed by atoms with Gasteiger partial charge in [-0.2, -0.15) is 17.6 Å². The van der Waals surface area contributed by atoms with Gasteiger partial charge in [0.05, 0.1) is 72.9 Å². The van der Waals surface area contributed by atoms with E-state index in [1.165, 1.54) is 77.2 Å². The molecule has 53 heavy (non-hydrogen) atoms. The molecule has 2 unspecified atom stereocenters. The average molecular weight is 830 g/mol. The predicted molar refractivity (Wildman–Crippen MR) is 178 cm³/mol. The molecule has 0 aliphatic heterocycles. The Morgan fingerprint density at radius 3 is 1.36 bits per heavy atom. The smallest absolute Gasteiger partial charge is 0.493 e. The number of benzene rings is 2. The number of hydrogen-bond donors (Lipinski definition) is 0. The Kier molecular flexibility index (Phi) is 14.5. The molecule has 4 aromatic heterocycles. The zero-order valence-corrected chi connectivity index (χ0v) is 32.9. The average Bonchev–Trinajstić information content (AvgIpc) is 3.75. The second-order valence-electron chi connectivity index (χ2n) is 10.0. The first-order chi connectivity index (χ1) is 25.0. The molecule has 0 radical (unpaired) electrons. The molecule has 2 atom stereocenters. The third-order valence-corrected chi connectivity index (χ3v) is 9.13. The maximum atomic E-state index is 12.6. The van der Waals surface area contributed by atoms with Crippen molar-refractivity contribution >= 4 is 43.7 Å². The maximum Gasteiger partial charge on any atom is 2.00 e. The van der Waals surface area contributed by atoms with Gasteiger partial charge in [0.25, 0.3) is 0 Å². The maximum absolute atomic E-state index is 12.6. The van der Waals surface area contributed by atoms with Crippen molar-refractivity contribution in [1.82, 2.24) is 29.9 Å². The Bertz CT molecular complexity index is 2060. The number of rotatable bonds is 14. The van der Waals surface area contributed by atoms with Crippen LogP contribution in [0.3, 0.4) is 0 Å². The summed E-state index contributed by atoms with van der Waals surface area (Å²) < 4.78 is 104. The Balaban J connectivity index is 0.000000232. The molecule has 0 aliphatic rings. The Morgan fingerprint density at radius 1 is 0.623 bits per heavy atom. The van der Waals surface area contributed by atoms with Crippen LogP contribution >= 0.6 is 0 Å². The van der Waals surface area contributed by atoms with E-state index in [9.17, 15) is 26.0 Å². The predicted octanol–water partition coefficient (Wildman–Crippen LogP) is 5.02. The van der Waals surface area contributed by atoms with E-state index in [1.54, 1.807) is 12.1 Å². The van der Waals surface area contributed by atoms with Gasteiger partial charge in [-0.1, -0.05) is 12.1 Å². The first-order valence-electron chi connectivity index (χ1n) is 14.7. The summed E-state index contributed by atoms with van der Waals surface area (Å²) in [5.41, 5.74) is 2.36. The molecule has 21 heteroatoms. The van der Waals surface area contributed by atoms with Crippen LogP contribution in [0.25, 0.3) is 22.1 Å². The number of aromatic nitrogens is 6. The zero-order valence-electron chi connectivity index (χ0n) is 28.3. The Labute approximate surface area is 316 Å². The van der Waals surface area contributed by atoms with Crippen LogP contribution < -0.4 is 38.4 Å². The molecule has 0 amide bonds. The molecule has 0 saturated heterocycles. The molecule has 6 aromatic rings. The van der Waals surface area contributed by atoms with E-state index in [0.29, 0.717) is 56.5 Å². The minimum atomic E-state index is -2.93. The van der Waals surface area contributed by atoms with Crippen molar-refractivity contribution in [1.29, 1.82) is 0 Å². The van der Waals surface area contributed by atoms with Crippen molar-refractivity contribution < 1.29 is 73.9 Å². The van der Waals surface area contributed by atoms with Crippen LogP contribution in [0.2, 0.25) is 0 Å². The molecule has 2 aromatic carbocycles. The quantitative estimate of drug-likeness (QED) is 0.106. The van der Waals surface area contributed by atoms with E-state index in [0.717, 1.165) is 0 Å². The second kappa shape index (κ2) is 18.7. The summed E-state index contributed by atoms with van der Waals surface area (Å²) >= 11 is 0. The molecule has 14 nitrogen and oxygen atoms in total. The fraction of sp³-hybridized carbons (Fsp3) is 0.250. The van der Waals surface area contributed by atoms with Gasteiger partial charge in [-0.3, -0.25) is 18.4 Å². The summed E-state index contributed by atoms with van der Waals surface area (Å²) in [6.07, 6.45) is 3.04. The van der Waals surface area contributed by atoms with Crippen molar-refractivity contribution in [2.45, 2.75) is 35.0 Å². The van der Waals surface area contributed by atoms with Crippen molar-refractivity contribution in [2.24, 2.45) is 0 Å². The molecule has 0 bridgehead atoms. The molecule has 0 N–H and O–H groups in total. The van der Waals surface area contributed by atoms with Crippen LogP contribution in [0.4, 0.5) is 17.6 Å². The summed E-state index contributed by atoms with van der Waals surface area (Å²) in [6.45, 7) is -5.87. The van der Waals surface area contributed by atoms with Crippen LogP contribution in [0, 0.1) is 0 Å². The normalized spacial score (nSPS) is 12.1. The number of methoxy groups -OCH3 is 4. The molecular weight excluding hydrogens is 802 g/mol. The van der Waals surface area contributed by atoms with E-state index < -0.39 is 34.8 Å². The van der Waals surface area contributed by atoms with Gasteiger partial charge in [-0.15, -0.1) is 0 Å². The number of ether oxygens (including phenoxy) is 6. The Morgan fingerprint density at radius 2 is 1.02 bits per heavy atom. The minimum absolute atomic E-state index is 0. The van der Waals surface area contributed by atoms with Crippen LogP contribution in [0.5, 0.6) is 34.5 Å². The SMILES string of the molecule is COc1ccnc(CS(=O)c2nc3cc(OC(F)F)ccc3[n-]2)c1OC.COc1ccnc(CS(=O)c2nc3cc(OC(F)F)ccc3[n-]2)c1OC.[Zn+2]. The number of alkyl halides is 4. The standard InChI is InChI=1S/2C16H14F2N3O4S.Zn/c2*1-23-13-5-6-19-12(14(13)24-2)8-26(22)16-20-10-4-3-9(25-15(17)18)7-11(10)21-16;/h2*3-7,15H,8H2,1-2H3;/q2*-1;+2. The van der Waals surface area contributed by atoms with Crippen LogP contribution in [-0.2, 0) is 52.6 Å². The second-order valence-corrected chi connectivity index (χ2v) is 12.7. The number of fused-ring (bicyclic) bond motifs is 2. The molecule has 0 aliphatic carbocycles. The molecular formula is C32H28F4N6O8S2Zn. The molecule has 6 rings (SSSR count). The number of nitrogens with zero attached hydrogens (tertiary/aromatic N) is 6. The van der Waals surface area contributed by atoms with Crippen molar-refractivity contribution in [3.05, 3.63) is 72.3 Å². The topological polar surface area (TPSA) is 169 Å². The van der Waals surface area contributed by atoms with Gasteiger partial charge in [-0.05, 0) is 46.3 Å². The van der Waals surface area contributed by atoms with Gasteiger partial charge in [0.15, 0.2) is 23.0 Å². The summed E-state index contributed by atoms with van der Waals surface area (Å²) in [4.78, 5) is 25.0.